The summed E-state index contributed by atoms with van der Waals surface area (Å²) >= 11 is 0. The van der Waals surface area contributed by atoms with E-state index in [1.54, 1.807) is 13.8 Å². The highest BCUT2D eigenvalue weighted by molar-refractivity contribution is 6.28. The van der Waals surface area contributed by atoms with Crippen molar-refractivity contribution in [3.8, 4) is 0 Å². The zero-order valence-corrected chi connectivity index (χ0v) is 19.5. The Morgan fingerprint density at radius 1 is 1.09 bits per heavy atom. The average Bonchev–Trinajstić information content (AvgIpc) is 2.83. The molecule has 0 aromatic carbocycles. The molecule has 6 unspecified atom stereocenters. The molecule has 3 aliphatic rings. The zero-order chi connectivity index (χ0) is 26.1. The van der Waals surface area contributed by atoms with Gasteiger partial charge in [-0.05, 0) is 25.2 Å². The second kappa shape index (κ2) is 7.74. The fraction of sp³-hybridized carbons (Fsp3) is 0.727. The molecular formula is C22H32N4O8. The third-order valence-electron chi connectivity index (χ3n) is 7.77. The summed E-state index contributed by atoms with van der Waals surface area (Å²) in [5, 5.41) is 10.3. The summed E-state index contributed by atoms with van der Waals surface area (Å²) in [5.74, 6) is -7.99. The third kappa shape index (κ3) is 3.05. The number of carbonyl (C=O) groups excluding carboxylic acids is 5. The van der Waals surface area contributed by atoms with Gasteiger partial charge in [0.05, 0.1) is 11.5 Å². The quantitative estimate of drug-likeness (QED) is 0.224. The van der Waals surface area contributed by atoms with Crippen LogP contribution in [0.5, 0.6) is 0 Å². The van der Waals surface area contributed by atoms with Crippen LogP contribution >= 0.6 is 0 Å². The fourth-order valence-corrected chi connectivity index (χ4v) is 6.29. The number of ether oxygens (including phenoxy) is 1. The molecule has 6 atom stereocenters. The van der Waals surface area contributed by atoms with Crippen molar-refractivity contribution in [1.82, 2.24) is 0 Å². The van der Waals surface area contributed by atoms with Gasteiger partial charge in [-0.2, -0.15) is 0 Å². The van der Waals surface area contributed by atoms with Gasteiger partial charge in [0.25, 0.3) is 0 Å². The van der Waals surface area contributed by atoms with Crippen molar-refractivity contribution in [3.63, 3.8) is 0 Å². The summed E-state index contributed by atoms with van der Waals surface area (Å²) in [6.07, 6.45) is -2.56. The number of rotatable bonds is 3. The van der Waals surface area contributed by atoms with Gasteiger partial charge in [0.2, 0.25) is 11.5 Å². The van der Waals surface area contributed by atoms with E-state index < -0.39 is 88.0 Å². The molecule has 34 heavy (non-hydrogen) atoms. The summed E-state index contributed by atoms with van der Waals surface area (Å²) in [7, 11) is 0. The van der Waals surface area contributed by atoms with E-state index >= 15 is 0 Å². The van der Waals surface area contributed by atoms with Crippen LogP contribution in [-0.2, 0) is 33.5 Å². The minimum Gasteiger partial charge on any atom is -0.479 e. The van der Waals surface area contributed by atoms with Crippen molar-refractivity contribution in [3.05, 3.63) is 0 Å². The highest BCUT2D eigenvalue weighted by Gasteiger charge is 2.81. The van der Waals surface area contributed by atoms with Crippen LogP contribution in [-0.4, -0.2) is 63.0 Å². The normalized spacial score (nSPS) is 43.4. The first-order chi connectivity index (χ1) is 15.4. The number of nitrogens with two attached hydrogens (primary N) is 4. The maximum Gasteiger partial charge on any atom is 0.333 e. The highest BCUT2D eigenvalue weighted by atomic mass is 16.6. The first-order valence-electron chi connectivity index (χ1n) is 11.2. The van der Waals surface area contributed by atoms with E-state index in [9.17, 15) is 33.9 Å². The summed E-state index contributed by atoms with van der Waals surface area (Å²) in [5.41, 5.74) is 11.7. The first kappa shape index (κ1) is 26.1. The van der Waals surface area contributed by atoms with Crippen molar-refractivity contribution in [2.75, 3.05) is 0 Å². The van der Waals surface area contributed by atoms with Crippen LogP contribution in [0.3, 0.4) is 0 Å². The van der Waals surface area contributed by atoms with Crippen LogP contribution in [0.4, 0.5) is 0 Å². The van der Waals surface area contributed by atoms with Crippen LogP contribution in [0, 0.1) is 16.7 Å². The molecule has 1 heterocycles. The van der Waals surface area contributed by atoms with Crippen molar-refractivity contribution in [2.24, 2.45) is 39.7 Å². The van der Waals surface area contributed by atoms with Crippen molar-refractivity contribution < 1.29 is 38.6 Å². The van der Waals surface area contributed by atoms with Crippen molar-refractivity contribution in [2.45, 2.75) is 82.1 Å². The molecule has 0 aromatic rings. The smallest absolute Gasteiger partial charge is 0.333 e. The molecule has 0 amide bonds. The molecule has 3 fully saturated rings. The maximum atomic E-state index is 13.9. The van der Waals surface area contributed by atoms with Crippen LogP contribution in [0.15, 0.2) is 0 Å². The summed E-state index contributed by atoms with van der Waals surface area (Å²) in [6, 6.07) is -1.47. The lowest BCUT2D eigenvalue weighted by atomic mass is 9.46. The highest BCUT2D eigenvalue weighted by Crippen LogP contribution is 2.59. The van der Waals surface area contributed by atoms with Gasteiger partial charge in [-0.1, -0.05) is 20.8 Å². The van der Waals surface area contributed by atoms with Crippen molar-refractivity contribution in [1.29, 1.82) is 0 Å². The number of carboxylic acid groups (broad SMARTS) is 1. The molecule has 1 spiro atoms. The Balaban J connectivity index is 2.58. The molecule has 2 saturated carbocycles. The topological polar surface area (TPSA) is 236 Å². The van der Waals surface area contributed by atoms with E-state index in [2.05, 4.69) is 0 Å². The van der Waals surface area contributed by atoms with E-state index in [4.69, 9.17) is 27.7 Å². The number of carboxylic acids is 1. The lowest BCUT2D eigenvalue weighted by Crippen LogP contribution is -2.80. The first-order valence-corrected chi connectivity index (χ1v) is 11.2. The minimum atomic E-state index is -3.35. The van der Waals surface area contributed by atoms with Gasteiger partial charge in [-0.15, -0.1) is 0 Å². The Morgan fingerprint density at radius 2 is 1.68 bits per heavy atom. The lowest BCUT2D eigenvalue weighted by molar-refractivity contribution is -0.180. The number of ketones is 4. The van der Waals surface area contributed by atoms with Gasteiger partial charge >= 0.3 is 11.9 Å². The summed E-state index contributed by atoms with van der Waals surface area (Å²) in [6.45, 7) is 4.65. The molecule has 2 aliphatic carbocycles. The molecule has 9 N–H and O–H groups in total. The number of Topliss-reactive ketones (excluding diaryl/α,β-unsaturated/α-hetero) is 4. The molecule has 12 nitrogen and oxygen atoms in total. The number of carbonyl (C=O) groups is 6. The molecule has 12 heteroatoms. The number of hydrogen-bond acceptors (Lipinski definition) is 11. The van der Waals surface area contributed by atoms with Gasteiger partial charge < -0.3 is 27.0 Å². The molecule has 1 saturated heterocycles. The number of fused-ring (bicyclic) bond motifs is 2. The Morgan fingerprint density at radius 3 is 2.21 bits per heavy atom. The largest absolute Gasteiger partial charge is 0.479 e. The van der Waals surface area contributed by atoms with E-state index in [0.29, 0.717) is 0 Å². The second-order valence-corrected chi connectivity index (χ2v) is 10.6. The van der Waals surface area contributed by atoms with Crippen LogP contribution < -0.4 is 22.9 Å². The Hall–Kier alpha value is -2.54. The average molecular weight is 481 g/mol. The maximum absolute atomic E-state index is 13.9. The predicted molar refractivity (Wildman–Crippen MR) is 116 cm³/mol. The van der Waals surface area contributed by atoms with E-state index in [1.165, 1.54) is 6.92 Å². The van der Waals surface area contributed by atoms with Gasteiger partial charge in [-0.25, -0.2) is 9.59 Å². The summed E-state index contributed by atoms with van der Waals surface area (Å²) < 4.78 is 5.34. The van der Waals surface area contributed by atoms with Crippen LogP contribution in [0.1, 0.15) is 59.3 Å². The second-order valence-electron chi connectivity index (χ2n) is 10.6. The van der Waals surface area contributed by atoms with Crippen LogP contribution in [0.2, 0.25) is 0 Å². The van der Waals surface area contributed by atoms with Crippen molar-refractivity contribution >= 4 is 35.1 Å². The van der Waals surface area contributed by atoms with Gasteiger partial charge in [0, 0.05) is 19.3 Å². The Kier molecular flexibility index (Phi) is 5.93. The zero-order valence-electron chi connectivity index (χ0n) is 19.5. The standard InChI is InChI=1S/C22H32N4O8/c1-10(2)8-19(24)9-18(3)12(27)5-4-11(23)14(29)21(18)13(28)6-7-20(25,34-17(19)33)15(30)22(21,26)16(31)32/h10-11H,4-9,23-26H2,1-3H3,(H,31,32). The minimum absolute atomic E-state index is 0.0753. The molecule has 2 bridgehead atoms. The Labute approximate surface area is 196 Å². The monoisotopic (exact) mass is 480 g/mol. The third-order valence-corrected chi connectivity index (χ3v) is 7.77. The number of aliphatic carboxylic acids is 1. The van der Waals surface area contributed by atoms with Crippen LogP contribution in [0.25, 0.3) is 0 Å². The summed E-state index contributed by atoms with van der Waals surface area (Å²) in [4.78, 5) is 81.4. The molecule has 0 radical (unpaired) electrons. The molecule has 0 aromatic heterocycles. The molecule has 1 aliphatic heterocycles. The lowest BCUT2D eigenvalue weighted by Gasteiger charge is -2.52. The van der Waals surface area contributed by atoms with E-state index in [0.717, 1.165) is 0 Å². The molecule has 188 valence electrons. The number of hydrogen-bond donors (Lipinski definition) is 5. The van der Waals surface area contributed by atoms with Gasteiger partial charge in [0.15, 0.2) is 17.1 Å². The van der Waals surface area contributed by atoms with Gasteiger partial charge in [0.1, 0.15) is 16.7 Å². The van der Waals surface area contributed by atoms with Gasteiger partial charge in [-0.3, -0.25) is 24.9 Å². The Bertz CT molecular complexity index is 1010. The molecule has 3 rings (SSSR count). The fourth-order valence-electron chi connectivity index (χ4n) is 6.29. The molecular weight excluding hydrogens is 448 g/mol. The van der Waals surface area contributed by atoms with E-state index in [-0.39, 0.29) is 25.2 Å². The van der Waals surface area contributed by atoms with E-state index in [1.807, 2.05) is 0 Å². The SMILES string of the molecule is CC(C)CC1(N)CC2(C)C(=O)CCC(N)C(=O)C23C(=O)CCC(N)(OC1=O)C(=O)C3(N)C(=O)O. The predicted octanol–water partition coefficient (Wildman–Crippen LogP) is -1.70. The number of esters is 1.